The Bertz CT molecular complexity index is 1000. The molecular formula is C21H22F3N3O. The number of aryl methyl sites for hydroxylation is 4. The fraction of sp³-hybridized carbons (Fsp3) is 0.286. The third-order valence-corrected chi connectivity index (χ3v) is 4.79. The molecule has 7 heteroatoms. The molecule has 28 heavy (non-hydrogen) atoms. The Balaban J connectivity index is 1.90. The second kappa shape index (κ2) is 7.22. The minimum absolute atomic E-state index is 0.283. The van der Waals surface area contributed by atoms with Crippen LogP contribution in [0.4, 0.5) is 18.9 Å². The summed E-state index contributed by atoms with van der Waals surface area (Å²) >= 11 is 0. The largest absolute Gasteiger partial charge is 0.489 e. The van der Waals surface area contributed by atoms with Crippen LogP contribution in [0.15, 0.2) is 36.4 Å². The number of hydrogen-bond donors (Lipinski definition) is 1. The lowest BCUT2D eigenvalue weighted by Crippen LogP contribution is -2.11. The number of nitrogen functional groups attached to an aromatic ring is 1. The molecule has 0 spiro atoms. The number of halogens is 3. The second-order valence-corrected chi connectivity index (χ2v) is 6.90. The Morgan fingerprint density at radius 2 is 1.75 bits per heavy atom. The predicted octanol–water partition coefficient (Wildman–Crippen LogP) is 5.19. The molecule has 1 heterocycles. The fourth-order valence-corrected chi connectivity index (χ4v) is 3.16. The summed E-state index contributed by atoms with van der Waals surface area (Å²) in [5, 5.41) is 4.04. The minimum atomic E-state index is -4.44. The number of nitrogens with zero attached hydrogens (tertiary/aromatic N) is 2. The zero-order chi connectivity index (χ0) is 20.6. The van der Waals surface area contributed by atoms with Gasteiger partial charge < -0.3 is 10.5 Å². The molecule has 0 aliphatic heterocycles. The summed E-state index contributed by atoms with van der Waals surface area (Å²) in [6.45, 7) is 5.97. The highest BCUT2D eigenvalue weighted by Crippen LogP contribution is 2.35. The Hall–Kier alpha value is -2.96. The van der Waals surface area contributed by atoms with Gasteiger partial charge in [-0.15, -0.1) is 0 Å². The molecule has 0 saturated carbocycles. The first-order valence-electron chi connectivity index (χ1n) is 8.77. The lowest BCUT2D eigenvalue weighted by Gasteiger charge is -2.15. The van der Waals surface area contributed by atoms with E-state index in [1.54, 1.807) is 6.07 Å². The predicted molar refractivity (Wildman–Crippen MR) is 103 cm³/mol. The maximum Gasteiger partial charge on any atom is 0.433 e. The van der Waals surface area contributed by atoms with E-state index < -0.39 is 11.9 Å². The number of aromatic nitrogens is 2. The van der Waals surface area contributed by atoms with Gasteiger partial charge in [0.1, 0.15) is 18.1 Å². The fourth-order valence-electron chi connectivity index (χ4n) is 3.16. The van der Waals surface area contributed by atoms with Crippen LogP contribution in [-0.4, -0.2) is 9.78 Å². The third-order valence-electron chi connectivity index (χ3n) is 4.79. The molecule has 0 aliphatic carbocycles. The summed E-state index contributed by atoms with van der Waals surface area (Å²) in [6, 6.07) is 10.4. The number of benzene rings is 2. The highest BCUT2D eigenvalue weighted by atomic mass is 19.4. The number of alkyl halides is 3. The highest BCUT2D eigenvalue weighted by molar-refractivity contribution is 5.67. The molecule has 0 radical (unpaired) electrons. The quantitative estimate of drug-likeness (QED) is 0.625. The van der Waals surface area contributed by atoms with Crippen LogP contribution in [0.1, 0.15) is 27.9 Å². The Labute approximate surface area is 161 Å². The zero-order valence-corrected chi connectivity index (χ0v) is 16.2. The van der Waals surface area contributed by atoms with Gasteiger partial charge in [-0.05, 0) is 61.7 Å². The lowest BCUT2D eigenvalue weighted by molar-refractivity contribution is -0.143. The number of nitrogens with two attached hydrogens (primary N) is 1. The molecule has 2 N–H and O–H groups in total. The van der Waals surface area contributed by atoms with Crippen LogP contribution >= 0.6 is 0 Å². The van der Waals surface area contributed by atoms with Gasteiger partial charge >= 0.3 is 6.18 Å². The summed E-state index contributed by atoms with van der Waals surface area (Å²) in [4.78, 5) is 0. The summed E-state index contributed by atoms with van der Waals surface area (Å²) in [5.41, 5.74) is 10.4. The van der Waals surface area contributed by atoms with Crippen molar-refractivity contribution in [3.05, 3.63) is 64.3 Å². The Morgan fingerprint density at radius 1 is 1.04 bits per heavy atom. The summed E-state index contributed by atoms with van der Waals surface area (Å²) in [6.07, 6.45) is -4.44. The molecule has 0 unspecified atom stereocenters. The molecule has 0 bridgehead atoms. The molecule has 0 atom stereocenters. The molecule has 0 fully saturated rings. The van der Waals surface area contributed by atoms with Gasteiger partial charge in [0.05, 0.1) is 5.69 Å². The molecule has 2 aromatic carbocycles. The molecule has 3 rings (SSSR count). The first kappa shape index (κ1) is 19.8. The van der Waals surface area contributed by atoms with E-state index >= 15 is 0 Å². The van der Waals surface area contributed by atoms with Crippen molar-refractivity contribution in [1.29, 1.82) is 0 Å². The van der Waals surface area contributed by atoms with Crippen LogP contribution in [0.25, 0.3) is 11.3 Å². The van der Waals surface area contributed by atoms with E-state index in [1.165, 1.54) is 7.05 Å². The van der Waals surface area contributed by atoms with Crippen molar-refractivity contribution in [3.8, 4) is 17.0 Å². The maximum atomic E-state index is 13.1. The van der Waals surface area contributed by atoms with Crippen molar-refractivity contribution >= 4 is 5.69 Å². The third kappa shape index (κ3) is 3.83. The molecule has 0 amide bonds. The van der Waals surface area contributed by atoms with Crippen LogP contribution in [-0.2, 0) is 19.8 Å². The van der Waals surface area contributed by atoms with Gasteiger partial charge in [-0.3, -0.25) is 4.68 Å². The van der Waals surface area contributed by atoms with Gasteiger partial charge in [-0.25, -0.2) is 0 Å². The summed E-state index contributed by atoms with van der Waals surface area (Å²) in [5.74, 6) is 0.663. The van der Waals surface area contributed by atoms with E-state index in [2.05, 4.69) is 5.10 Å². The number of rotatable bonds is 4. The first-order chi connectivity index (χ1) is 13.1. The minimum Gasteiger partial charge on any atom is -0.489 e. The van der Waals surface area contributed by atoms with Crippen molar-refractivity contribution in [3.63, 3.8) is 0 Å². The van der Waals surface area contributed by atoms with Gasteiger partial charge in [-0.1, -0.05) is 12.1 Å². The Morgan fingerprint density at radius 3 is 2.36 bits per heavy atom. The van der Waals surface area contributed by atoms with Gasteiger partial charge in [0.25, 0.3) is 0 Å². The van der Waals surface area contributed by atoms with E-state index in [0.717, 1.165) is 33.0 Å². The normalized spacial score (nSPS) is 11.7. The molecule has 3 aromatic rings. The van der Waals surface area contributed by atoms with Gasteiger partial charge in [0, 0.05) is 23.9 Å². The van der Waals surface area contributed by atoms with Crippen LogP contribution in [0.2, 0.25) is 0 Å². The van der Waals surface area contributed by atoms with Crippen LogP contribution in [0, 0.1) is 20.8 Å². The molecule has 1 aromatic heterocycles. The number of anilines is 1. The Kier molecular flexibility index (Phi) is 5.10. The highest BCUT2D eigenvalue weighted by Gasteiger charge is 2.35. The lowest BCUT2D eigenvalue weighted by atomic mass is 10.0. The van der Waals surface area contributed by atoms with Crippen LogP contribution in [0.5, 0.6) is 5.75 Å². The maximum absolute atomic E-state index is 13.1. The van der Waals surface area contributed by atoms with Crippen LogP contribution < -0.4 is 10.5 Å². The van der Waals surface area contributed by atoms with Crippen molar-refractivity contribution in [1.82, 2.24) is 9.78 Å². The SMILES string of the molecule is Cc1cc(-c2cc(C(F)(F)F)n(C)n2)c(C)cc1OCc1c(C)cccc1N. The van der Waals surface area contributed by atoms with E-state index in [4.69, 9.17) is 10.5 Å². The second-order valence-electron chi connectivity index (χ2n) is 6.90. The van der Waals surface area contributed by atoms with E-state index in [0.29, 0.717) is 23.6 Å². The topological polar surface area (TPSA) is 53.1 Å². The van der Waals surface area contributed by atoms with Gasteiger partial charge in [-0.2, -0.15) is 18.3 Å². The summed E-state index contributed by atoms with van der Waals surface area (Å²) < 4.78 is 46.0. The van der Waals surface area contributed by atoms with Gasteiger partial charge in [0.2, 0.25) is 0 Å². The van der Waals surface area contributed by atoms with E-state index in [1.807, 2.05) is 45.0 Å². The molecule has 0 aliphatic rings. The molecule has 148 valence electrons. The number of ether oxygens (including phenoxy) is 1. The van der Waals surface area contributed by atoms with Crippen LogP contribution in [0.3, 0.4) is 0 Å². The van der Waals surface area contributed by atoms with Crippen molar-refractivity contribution in [2.45, 2.75) is 33.6 Å². The van der Waals surface area contributed by atoms with E-state index in [9.17, 15) is 13.2 Å². The average Bonchev–Trinajstić information content (AvgIpc) is 2.99. The van der Waals surface area contributed by atoms with E-state index in [-0.39, 0.29) is 5.69 Å². The van der Waals surface area contributed by atoms with Gasteiger partial charge in [0.15, 0.2) is 0 Å². The standard InChI is InChI=1S/C21H22F3N3O/c1-12-6-5-7-17(25)16(12)11-28-19-9-13(2)15(8-14(19)3)18-10-20(21(22,23)24)27(4)26-18/h5-10H,11,25H2,1-4H3. The molecular weight excluding hydrogens is 367 g/mol. The number of hydrogen-bond acceptors (Lipinski definition) is 3. The van der Waals surface area contributed by atoms with Crippen molar-refractivity contribution in [2.75, 3.05) is 5.73 Å². The molecule has 4 nitrogen and oxygen atoms in total. The monoisotopic (exact) mass is 389 g/mol. The first-order valence-corrected chi connectivity index (χ1v) is 8.77. The zero-order valence-electron chi connectivity index (χ0n) is 16.2. The average molecular weight is 389 g/mol. The van der Waals surface area contributed by atoms with Crippen molar-refractivity contribution in [2.24, 2.45) is 7.05 Å². The van der Waals surface area contributed by atoms with Crippen molar-refractivity contribution < 1.29 is 17.9 Å². The molecule has 0 saturated heterocycles. The summed E-state index contributed by atoms with van der Waals surface area (Å²) in [7, 11) is 1.29. The smallest absolute Gasteiger partial charge is 0.433 e.